The number of hydrogen-bond acceptors (Lipinski definition) is 2. The minimum Gasteiger partial charge on any atom is -0.354 e. The van der Waals surface area contributed by atoms with Crippen LogP contribution in [-0.4, -0.2) is 21.8 Å². The molecule has 10 rings (SSSR count). The maximum atomic E-state index is 13.2. The first kappa shape index (κ1) is 36.0. The van der Waals surface area contributed by atoms with Crippen LogP contribution in [0.3, 0.4) is 0 Å². The van der Waals surface area contributed by atoms with Crippen LogP contribution >= 0.6 is 0 Å². The van der Waals surface area contributed by atoms with Crippen molar-refractivity contribution in [3.8, 4) is 0 Å². The first-order chi connectivity index (χ1) is 28.7. The summed E-state index contributed by atoms with van der Waals surface area (Å²) in [6, 6.07) is 37.0. The molecule has 0 saturated heterocycles. The van der Waals surface area contributed by atoms with E-state index in [0.717, 1.165) is 50.7 Å². The highest BCUT2D eigenvalue weighted by Crippen LogP contribution is 2.37. The molecule has 10 aromatic rings. The molecule has 59 heavy (non-hydrogen) atoms. The van der Waals surface area contributed by atoms with Gasteiger partial charge in [-0.15, -0.1) is 0 Å². The Morgan fingerprint density at radius 3 is 1.31 bits per heavy atom. The number of nitrogens with zero attached hydrogens (tertiary/aromatic N) is 2. The molecule has 8 nitrogen and oxygen atoms in total. The highest BCUT2D eigenvalue weighted by atomic mass is 16.2. The summed E-state index contributed by atoms with van der Waals surface area (Å²) in [5, 5.41) is 15.7. The van der Waals surface area contributed by atoms with E-state index in [4.69, 9.17) is 0 Å². The van der Waals surface area contributed by atoms with E-state index < -0.39 is 0 Å². The average molecular weight is 773 g/mol. The van der Waals surface area contributed by atoms with Crippen molar-refractivity contribution in [2.24, 2.45) is 0 Å². The second-order valence-electron chi connectivity index (χ2n) is 15.9. The van der Waals surface area contributed by atoms with Crippen LogP contribution < -0.4 is 19.8 Å². The van der Waals surface area contributed by atoms with Crippen molar-refractivity contribution in [3.63, 3.8) is 0 Å². The number of H-pyrrole nitrogens is 2. The first-order valence-electron chi connectivity index (χ1n) is 20.1. The van der Waals surface area contributed by atoms with Gasteiger partial charge in [0.1, 0.15) is 0 Å². The summed E-state index contributed by atoms with van der Waals surface area (Å²) in [5.41, 5.74) is 13.2. The first-order valence-corrected chi connectivity index (χ1v) is 20.1. The van der Waals surface area contributed by atoms with Gasteiger partial charge in [0.2, 0.25) is 13.1 Å². The SMILES string of the molecule is Cc1c2cc[n+](CC(=O)Nc3ccc(Cc4ccc(NC(=O)C[n+]5ccc6c(C)c7[nH]c8ccccc8c7c(C)c6c5)cc4)cc3)cc2c(C)c2c1[nH]c1ccccc12. The summed E-state index contributed by atoms with van der Waals surface area (Å²) >= 11 is 0. The zero-order valence-corrected chi connectivity index (χ0v) is 33.5. The number of para-hydroxylation sites is 2. The van der Waals surface area contributed by atoms with Crippen LogP contribution in [0.1, 0.15) is 33.4 Å². The lowest BCUT2D eigenvalue weighted by Crippen LogP contribution is -2.39. The Bertz CT molecular complexity index is 3100. The molecule has 8 heteroatoms. The third-order valence-corrected chi connectivity index (χ3v) is 12.1. The molecule has 0 radical (unpaired) electrons. The largest absolute Gasteiger partial charge is 0.354 e. The number of carbonyl (C=O) groups is 2. The van der Waals surface area contributed by atoms with Crippen LogP contribution in [0.15, 0.2) is 134 Å². The molecule has 0 unspecified atom stereocenters. The van der Waals surface area contributed by atoms with E-state index in [1.54, 1.807) is 0 Å². The van der Waals surface area contributed by atoms with Gasteiger partial charge in [-0.25, -0.2) is 0 Å². The molecule has 0 aliphatic heterocycles. The topological polar surface area (TPSA) is 97.5 Å². The number of hydrogen-bond donors (Lipinski definition) is 4. The molecular formula is C51H44N6O2+2. The zero-order valence-electron chi connectivity index (χ0n) is 33.5. The van der Waals surface area contributed by atoms with Crippen LogP contribution in [0, 0.1) is 27.7 Å². The number of amides is 2. The number of aryl methyl sites for hydroxylation is 4. The number of benzene rings is 6. The summed E-state index contributed by atoms with van der Waals surface area (Å²) in [7, 11) is 0. The number of rotatable bonds is 8. The molecule has 288 valence electrons. The number of anilines is 2. The molecular weight excluding hydrogens is 729 g/mol. The third-order valence-electron chi connectivity index (χ3n) is 12.1. The Balaban J connectivity index is 0.765. The summed E-state index contributed by atoms with van der Waals surface area (Å²) < 4.78 is 3.91. The predicted octanol–water partition coefficient (Wildman–Crippen LogP) is 9.94. The van der Waals surface area contributed by atoms with Gasteiger partial charge in [0, 0.05) is 66.9 Å². The van der Waals surface area contributed by atoms with E-state index in [2.05, 4.69) is 121 Å². The van der Waals surface area contributed by atoms with Crippen LogP contribution in [0.5, 0.6) is 0 Å². The fraction of sp³-hybridized carbons (Fsp3) is 0.137. The number of aromatic amines is 2. The molecule has 4 N–H and O–H groups in total. The average Bonchev–Trinajstić information content (AvgIpc) is 3.84. The number of carbonyl (C=O) groups excluding carboxylic acids is 2. The van der Waals surface area contributed by atoms with Crippen molar-refractivity contribution in [2.45, 2.75) is 47.2 Å². The Hall–Kier alpha value is -7.32. The molecule has 4 aromatic heterocycles. The Morgan fingerprint density at radius 1 is 0.475 bits per heavy atom. The van der Waals surface area contributed by atoms with Gasteiger partial charge in [0.05, 0.1) is 11.0 Å². The van der Waals surface area contributed by atoms with Crippen molar-refractivity contribution in [1.29, 1.82) is 0 Å². The van der Waals surface area contributed by atoms with E-state index in [0.29, 0.717) is 0 Å². The van der Waals surface area contributed by atoms with Crippen LogP contribution in [0.25, 0.3) is 65.2 Å². The van der Waals surface area contributed by atoms with E-state index in [1.165, 1.54) is 65.6 Å². The molecule has 2 amide bonds. The van der Waals surface area contributed by atoms with Gasteiger partial charge in [0.25, 0.3) is 11.8 Å². The van der Waals surface area contributed by atoms with Crippen molar-refractivity contribution in [3.05, 3.63) is 167 Å². The van der Waals surface area contributed by atoms with Gasteiger partial charge in [-0.05, 0) is 115 Å². The van der Waals surface area contributed by atoms with Crippen molar-refractivity contribution < 1.29 is 18.7 Å². The fourth-order valence-electron chi connectivity index (χ4n) is 9.07. The second-order valence-corrected chi connectivity index (χ2v) is 15.9. The smallest absolute Gasteiger partial charge is 0.290 e. The zero-order chi connectivity index (χ0) is 40.4. The number of aromatic nitrogens is 4. The van der Waals surface area contributed by atoms with E-state index in [-0.39, 0.29) is 24.9 Å². The number of pyridine rings is 2. The summed E-state index contributed by atoms with van der Waals surface area (Å²) in [4.78, 5) is 33.6. The Labute approximate surface area is 341 Å². The molecule has 0 atom stereocenters. The minimum atomic E-state index is -0.0848. The van der Waals surface area contributed by atoms with Crippen LogP contribution in [-0.2, 0) is 29.1 Å². The molecule has 4 heterocycles. The highest BCUT2D eigenvalue weighted by Gasteiger charge is 2.20. The normalized spacial score (nSPS) is 11.7. The fourth-order valence-corrected chi connectivity index (χ4v) is 9.07. The molecule has 0 aliphatic carbocycles. The molecule has 0 spiro atoms. The van der Waals surface area contributed by atoms with Gasteiger partial charge in [-0.1, -0.05) is 60.7 Å². The van der Waals surface area contributed by atoms with E-state index >= 15 is 0 Å². The monoisotopic (exact) mass is 772 g/mol. The highest BCUT2D eigenvalue weighted by molar-refractivity contribution is 6.17. The van der Waals surface area contributed by atoms with Gasteiger partial charge >= 0.3 is 0 Å². The van der Waals surface area contributed by atoms with Crippen LogP contribution in [0.2, 0.25) is 0 Å². The Kier molecular flexibility index (Phi) is 8.71. The second kappa shape index (κ2) is 14.3. The van der Waals surface area contributed by atoms with Crippen molar-refractivity contribution in [1.82, 2.24) is 9.97 Å². The number of nitrogens with one attached hydrogen (secondary N) is 4. The molecule has 0 bridgehead atoms. The molecule has 0 saturated carbocycles. The lowest BCUT2D eigenvalue weighted by Gasteiger charge is -2.09. The van der Waals surface area contributed by atoms with Crippen LogP contribution in [0.4, 0.5) is 11.4 Å². The maximum absolute atomic E-state index is 13.2. The number of fused-ring (bicyclic) bond motifs is 8. The lowest BCUT2D eigenvalue weighted by atomic mass is 9.97. The lowest BCUT2D eigenvalue weighted by molar-refractivity contribution is -0.682. The van der Waals surface area contributed by atoms with Gasteiger partial charge in [-0.2, -0.15) is 9.13 Å². The third kappa shape index (κ3) is 6.43. The predicted molar refractivity (Wildman–Crippen MR) is 239 cm³/mol. The minimum absolute atomic E-state index is 0.0848. The summed E-state index contributed by atoms with van der Waals surface area (Å²) in [6.07, 6.45) is 8.87. The molecule has 6 aromatic carbocycles. The van der Waals surface area contributed by atoms with E-state index in [1.807, 2.05) is 70.1 Å². The van der Waals surface area contributed by atoms with Crippen molar-refractivity contribution >= 4 is 88.3 Å². The van der Waals surface area contributed by atoms with Gasteiger partial charge < -0.3 is 20.6 Å². The van der Waals surface area contributed by atoms with Gasteiger partial charge in [0.15, 0.2) is 24.8 Å². The Morgan fingerprint density at radius 2 is 0.881 bits per heavy atom. The van der Waals surface area contributed by atoms with Gasteiger partial charge in [-0.3, -0.25) is 9.59 Å². The van der Waals surface area contributed by atoms with Crippen molar-refractivity contribution in [2.75, 3.05) is 10.6 Å². The summed E-state index contributed by atoms with van der Waals surface area (Å²) in [6.45, 7) is 9.06. The maximum Gasteiger partial charge on any atom is 0.290 e. The summed E-state index contributed by atoms with van der Waals surface area (Å²) in [5.74, 6) is -0.170. The molecule has 0 fully saturated rings. The standard InChI is InChI=1S/C51H42N6O2/c1-30-42-26-56(23-21-38(42)32(3)50-48(30)40-9-5-7-11-44(40)54-50)28-46(58)52-36-17-13-34(14-18-36)25-35-15-19-37(20-16-35)53-47(59)29-57-24-22-39-33(4)51-49(31(2)43(39)27-57)41-10-6-8-12-45(41)55-51/h5-24,26-27H,25,28-29H2,1-4H3,(H2,52,53,58,59)/p+2. The quantitative estimate of drug-likeness (QED) is 0.116. The molecule has 0 aliphatic rings. The van der Waals surface area contributed by atoms with E-state index in [9.17, 15) is 9.59 Å².